The Morgan fingerprint density at radius 2 is 1.74 bits per heavy atom. The zero-order valence-electron chi connectivity index (χ0n) is 17.3. The molecule has 2 aromatic carbocycles. The van der Waals surface area contributed by atoms with Crippen LogP contribution < -0.4 is 9.73 Å². The number of hydrogen-bond donors (Lipinski definition) is 1. The fraction of sp³-hybridized carbons (Fsp3) is 0.182. The van der Waals surface area contributed by atoms with Crippen molar-refractivity contribution in [2.45, 2.75) is 25.7 Å². The van der Waals surface area contributed by atoms with Crippen LogP contribution >= 0.6 is 15.9 Å². The second-order valence-electron chi connectivity index (χ2n) is 7.02. The van der Waals surface area contributed by atoms with Gasteiger partial charge in [0, 0.05) is 6.07 Å². The molecule has 0 fully saturated rings. The van der Waals surface area contributed by atoms with Gasteiger partial charge in [-0.25, -0.2) is 13.8 Å². The van der Waals surface area contributed by atoms with E-state index in [1.165, 1.54) is 18.3 Å². The van der Waals surface area contributed by atoms with Crippen LogP contribution in [-0.2, 0) is 14.8 Å². The number of amides is 1. The van der Waals surface area contributed by atoms with Crippen LogP contribution in [0.4, 0.5) is 5.69 Å². The first-order chi connectivity index (χ1) is 14.7. The highest BCUT2D eigenvalue weighted by Gasteiger charge is 2.27. The minimum absolute atomic E-state index is 0.0985. The molecule has 0 spiro atoms. The molecule has 0 saturated heterocycles. The molecule has 0 bridgehead atoms. The van der Waals surface area contributed by atoms with E-state index < -0.39 is 22.5 Å². The highest BCUT2D eigenvalue weighted by atomic mass is 79.9. The van der Waals surface area contributed by atoms with E-state index >= 15 is 0 Å². The largest absolute Gasteiger partial charge is 0.459 e. The molecule has 0 aliphatic heterocycles. The number of hydrogen-bond acceptors (Lipinski definition) is 5. The van der Waals surface area contributed by atoms with Crippen LogP contribution in [0.15, 0.2) is 73.5 Å². The lowest BCUT2D eigenvalue weighted by atomic mass is 10.1. The monoisotopic (exact) mass is 503 g/mol. The van der Waals surface area contributed by atoms with E-state index in [-0.39, 0.29) is 4.90 Å². The third kappa shape index (κ3) is 5.62. The van der Waals surface area contributed by atoms with Gasteiger partial charge in [-0.1, -0.05) is 24.3 Å². The molecule has 1 aromatic heterocycles. The number of halogens is 1. The highest BCUT2D eigenvalue weighted by Crippen LogP contribution is 2.25. The van der Waals surface area contributed by atoms with Gasteiger partial charge in [0.1, 0.15) is 18.1 Å². The van der Waals surface area contributed by atoms with Crippen molar-refractivity contribution in [3.63, 3.8) is 0 Å². The Morgan fingerprint density at radius 3 is 2.32 bits per heavy atom. The standard InChI is InChI=1S/C22H22BrN3O4S/c1-15-9-16(2)11-18(10-15)26(31(28,29)20-7-5-4-6-8-20)14-22(27)25-24-13-19-12-21(23)17(3)30-19/h4-13H,14H2,1-3H3,(H,25,27)/b24-13+. The number of carbonyl (C=O) groups is 1. The van der Waals surface area contributed by atoms with Gasteiger partial charge in [0.15, 0.2) is 0 Å². The summed E-state index contributed by atoms with van der Waals surface area (Å²) in [4.78, 5) is 12.7. The van der Waals surface area contributed by atoms with E-state index in [1.54, 1.807) is 43.3 Å². The summed E-state index contributed by atoms with van der Waals surface area (Å²) in [5, 5.41) is 3.87. The van der Waals surface area contributed by atoms with Crippen molar-refractivity contribution < 1.29 is 17.6 Å². The molecule has 1 amide bonds. The first-order valence-corrected chi connectivity index (χ1v) is 11.6. The topological polar surface area (TPSA) is 92.0 Å². The van der Waals surface area contributed by atoms with Crippen LogP contribution in [0.5, 0.6) is 0 Å². The van der Waals surface area contributed by atoms with Gasteiger partial charge in [0.25, 0.3) is 15.9 Å². The number of anilines is 1. The molecule has 0 atom stereocenters. The fourth-order valence-electron chi connectivity index (χ4n) is 3.01. The first kappa shape index (κ1) is 22.8. The van der Waals surface area contributed by atoms with Crippen molar-refractivity contribution in [3.8, 4) is 0 Å². The van der Waals surface area contributed by atoms with Crippen molar-refractivity contribution in [2.75, 3.05) is 10.8 Å². The number of hydrazone groups is 1. The summed E-state index contributed by atoms with van der Waals surface area (Å²) in [5.74, 6) is 0.549. The van der Waals surface area contributed by atoms with E-state index in [0.29, 0.717) is 17.2 Å². The van der Waals surface area contributed by atoms with E-state index in [4.69, 9.17) is 4.42 Å². The Labute approximate surface area is 189 Å². The van der Waals surface area contributed by atoms with Crippen molar-refractivity contribution in [1.29, 1.82) is 0 Å². The third-order valence-electron chi connectivity index (χ3n) is 4.37. The molecule has 9 heteroatoms. The van der Waals surface area contributed by atoms with Gasteiger partial charge in [-0.3, -0.25) is 9.10 Å². The second-order valence-corrected chi connectivity index (χ2v) is 9.73. The molecule has 162 valence electrons. The molecule has 7 nitrogen and oxygen atoms in total. The number of furan rings is 1. The Hall–Kier alpha value is -2.91. The molecule has 0 aliphatic rings. The van der Waals surface area contributed by atoms with Crippen molar-refractivity contribution in [2.24, 2.45) is 5.10 Å². The maximum Gasteiger partial charge on any atom is 0.264 e. The smallest absolute Gasteiger partial charge is 0.264 e. The van der Waals surface area contributed by atoms with Crippen molar-refractivity contribution in [1.82, 2.24) is 5.43 Å². The van der Waals surface area contributed by atoms with Gasteiger partial charge in [0.2, 0.25) is 0 Å². The fourth-order valence-corrected chi connectivity index (χ4v) is 4.74. The maximum absolute atomic E-state index is 13.3. The lowest BCUT2D eigenvalue weighted by Gasteiger charge is -2.24. The molecule has 1 heterocycles. The molecule has 0 radical (unpaired) electrons. The molecule has 1 N–H and O–H groups in total. The van der Waals surface area contributed by atoms with Gasteiger partial charge in [-0.15, -0.1) is 0 Å². The number of nitrogens with one attached hydrogen (secondary N) is 1. The number of nitrogens with zero attached hydrogens (tertiary/aromatic N) is 2. The summed E-state index contributed by atoms with van der Waals surface area (Å²) in [7, 11) is -3.97. The van der Waals surface area contributed by atoms with Crippen LogP contribution in [0.25, 0.3) is 0 Å². The first-order valence-electron chi connectivity index (χ1n) is 9.41. The normalized spacial score (nSPS) is 11.6. The Balaban J connectivity index is 1.87. The van der Waals surface area contributed by atoms with E-state index in [2.05, 4.69) is 26.5 Å². The predicted octanol–water partition coefficient (Wildman–Crippen LogP) is 4.31. The van der Waals surface area contributed by atoms with E-state index in [0.717, 1.165) is 19.9 Å². The minimum Gasteiger partial charge on any atom is -0.459 e. The Kier molecular flexibility index (Phi) is 6.97. The summed E-state index contributed by atoms with van der Waals surface area (Å²) >= 11 is 3.33. The van der Waals surface area contributed by atoms with Crippen LogP contribution in [-0.4, -0.2) is 27.1 Å². The lowest BCUT2D eigenvalue weighted by molar-refractivity contribution is -0.119. The summed E-state index contributed by atoms with van der Waals surface area (Å²) in [5.41, 5.74) is 4.55. The van der Waals surface area contributed by atoms with Crippen LogP contribution in [0.1, 0.15) is 22.6 Å². The molecule has 3 aromatic rings. The molecule has 3 rings (SSSR count). The number of aryl methyl sites for hydroxylation is 3. The molecule has 0 aliphatic carbocycles. The Bertz CT molecular complexity index is 1180. The summed E-state index contributed by atoms with van der Waals surface area (Å²) in [6.45, 7) is 5.10. The molecule has 0 unspecified atom stereocenters. The van der Waals surface area contributed by atoms with Crippen LogP contribution in [0.2, 0.25) is 0 Å². The van der Waals surface area contributed by atoms with Gasteiger partial charge in [0.05, 0.1) is 21.3 Å². The maximum atomic E-state index is 13.3. The predicted molar refractivity (Wildman–Crippen MR) is 124 cm³/mol. The van der Waals surface area contributed by atoms with Gasteiger partial charge >= 0.3 is 0 Å². The van der Waals surface area contributed by atoms with Crippen molar-refractivity contribution in [3.05, 3.63) is 81.7 Å². The molecule has 0 saturated carbocycles. The summed E-state index contributed by atoms with van der Waals surface area (Å²) in [6, 6.07) is 15.1. The van der Waals surface area contributed by atoms with Crippen molar-refractivity contribution >= 4 is 43.8 Å². The summed E-state index contributed by atoms with van der Waals surface area (Å²) in [6.07, 6.45) is 1.35. The van der Waals surface area contributed by atoms with Crippen LogP contribution in [0, 0.1) is 20.8 Å². The second kappa shape index (κ2) is 9.49. The van der Waals surface area contributed by atoms with E-state index in [1.807, 2.05) is 19.9 Å². The molecule has 31 heavy (non-hydrogen) atoms. The lowest BCUT2D eigenvalue weighted by Crippen LogP contribution is -2.39. The van der Waals surface area contributed by atoms with Gasteiger partial charge in [-0.05, 0) is 72.1 Å². The zero-order valence-corrected chi connectivity index (χ0v) is 19.7. The van der Waals surface area contributed by atoms with E-state index in [9.17, 15) is 13.2 Å². The van der Waals surface area contributed by atoms with Gasteiger partial charge < -0.3 is 4.42 Å². The number of carbonyl (C=O) groups excluding carboxylic acids is 1. The highest BCUT2D eigenvalue weighted by molar-refractivity contribution is 9.10. The minimum atomic E-state index is -3.97. The third-order valence-corrected chi connectivity index (χ3v) is 6.95. The van der Waals surface area contributed by atoms with Crippen LogP contribution in [0.3, 0.4) is 0 Å². The SMILES string of the molecule is Cc1cc(C)cc(N(CC(=O)N/N=C/c2cc(Br)c(C)o2)S(=O)(=O)c2ccccc2)c1. The average Bonchev–Trinajstić information content (AvgIpc) is 3.03. The molecular formula is C22H22BrN3O4S. The zero-order chi connectivity index (χ0) is 22.6. The number of rotatable bonds is 7. The number of sulfonamides is 1. The average molecular weight is 504 g/mol. The quantitative estimate of drug-likeness (QED) is 0.384. The Morgan fingerprint density at radius 1 is 1.10 bits per heavy atom. The summed E-state index contributed by atoms with van der Waals surface area (Å²) < 4.78 is 33.9. The number of benzene rings is 2. The van der Waals surface area contributed by atoms with Gasteiger partial charge in [-0.2, -0.15) is 5.10 Å². The molecular weight excluding hydrogens is 482 g/mol.